The summed E-state index contributed by atoms with van der Waals surface area (Å²) in [5.41, 5.74) is 2.47. The van der Waals surface area contributed by atoms with Crippen LogP contribution in [0.2, 0.25) is 0 Å². The van der Waals surface area contributed by atoms with E-state index in [0.29, 0.717) is 0 Å². The number of quaternary nitrogens is 1. The van der Waals surface area contributed by atoms with Crippen LogP contribution in [0.5, 0.6) is 5.75 Å². The minimum atomic E-state index is 0.0733. The Morgan fingerprint density at radius 2 is 1.88 bits per heavy atom. The van der Waals surface area contributed by atoms with E-state index in [0.717, 1.165) is 48.5 Å². The summed E-state index contributed by atoms with van der Waals surface area (Å²) < 4.78 is 6.74. The van der Waals surface area contributed by atoms with E-state index >= 15 is 0 Å². The average Bonchev–Trinajstić information content (AvgIpc) is 2.62. The molecule has 1 saturated heterocycles. The van der Waals surface area contributed by atoms with Crippen molar-refractivity contribution in [2.75, 3.05) is 32.8 Å². The lowest BCUT2D eigenvalue weighted by molar-refractivity contribution is -0.917. The number of benzene rings is 2. The topological polar surface area (TPSA) is 34.0 Å². The number of ether oxygens (including phenoxy) is 1. The predicted octanol–water partition coefficient (Wildman–Crippen LogP) is 2.06. The Bertz CT molecular complexity index is 710. The molecule has 2 aromatic rings. The van der Waals surface area contributed by atoms with Crippen LogP contribution in [0, 0.1) is 6.92 Å². The van der Waals surface area contributed by atoms with Crippen LogP contribution in [0.4, 0.5) is 0 Å². The summed E-state index contributed by atoms with van der Waals surface area (Å²) in [6, 6.07) is 16.3. The standard InChI is InChI=1S/C20H23BrN2O2/c1-16-3-2-4-19(13-16)25-15-20(24)23-11-9-22(10-12-23)14-17-5-7-18(21)8-6-17/h2-8,13H,9-12,14-15H2,1H3/p+1. The number of nitrogens with zero attached hydrogens (tertiary/aromatic N) is 1. The molecule has 5 heteroatoms. The quantitative estimate of drug-likeness (QED) is 0.828. The molecule has 25 heavy (non-hydrogen) atoms. The zero-order valence-corrected chi connectivity index (χ0v) is 16.1. The molecule has 1 N–H and O–H groups in total. The Balaban J connectivity index is 1.43. The zero-order valence-electron chi connectivity index (χ0n) is 14.5. The van der Waals surface area contributed by atoms with Gasteiger partial charge in [0.15, 0.2) is 6.61 Å². The normalized spacial score (nSPS) is 15.2. The highest BCUT2D eigenvalue weighted by atomic mass is 79.9. The number of hydrogen-bond acceptors (Lipinski definition) is 2. The molecule has 1 fully saturated rings. The molecule has 1 heterocycles. The van der Waals surface area contributed by atoms with Gasteiger partial charge in [-0.25, -0.2) is 0 Å². The van der Waals surface area contributed by atoms with Crippen LogP contribution in [0.25, 0.3) is 0 Å². The van der Waals surface area contributed by atoms with Crippen LogP contribution in [0.1, 0.15) is 11.1 Å². The van der Waals surface area contributed by atoms with Crippen molar-refractivity contribution >= 4 is 21.8 Å². The number of aryl methyl sites for hydroxylation is 1. The molecule has 0 aromatic heterocycles. The van der Waals surface area contributed by atoms with E-state index in [1.165, 1.54) is 10.5 Å². The second-order valence-corrected chi connectivity index (χ2v) is 7.45. The van der Waals surface area contributed by atoms with Gasteiger partial charge in [-0.2, -0.15) is 0 Å². The maximum atomic E-state index is 12.3. The summed E-state index contributed by atoms with van der Waals surface area (Å²) in [5.74, 6) is 0.831. The first-order chi connectivity index (χ1) is 12.1. The molecule has 0 unspecified atom stereocenters. The van der Waals surface area contributed by atoms with Crippen LogP contribution in [0.3, 0.4) is 0 Å². The molecule has 1 aliphatic heterocycles. The van der Waals surface area contributed by atoms with Gasteiger partial charge >= 0.3 is 0 Å². The van der Waals surface area contributed by atoms with Crippen LogP contribution >= 0.6 is 15.9 Å². The van der Waals surface area contributed by atoms with Gasteiger partial charge in [-0.1, -0.05) is 40.2 Å². The second-order valence-electron chi connectivity index (χ2n) is 6.54. The van der Waals surface area contributed by atoms with Gasteiger partial charge in [-0.15, -0.1) is 0 Å². The van der Waals surface area contributed by atoms with Gasteiger partial charge < -0.3 is 14.5 Å². The van der Waals surface area contributed by atoms with E-state index < -0.39 is 0 Å². The summed E-state index contributed by atoms with van der Waals surface area (Å²) in [5, 5.41) is 0. The first-order valence-corrected chi connectivity index (χ1v) is 9.45. The highest BCUT2D eigenvalue weighted by Gasteiger charge is 2.23. The fraction of sp³-hybridized carbons (Fsp3) is 0.350. The van der Waals surface area contributed by atoms with Crippen molar-refractivity contribution in [2.45, 2.75) is 13.5 Å². The Labute approximate surface area is 157 Å². The van der Waals surface area contributed by atoms with Gasteiger partial charge in [0.25, 0.3) is 5.91 Å². The summed E-state index contributed by atoms with van der Waals surface area (Å²) in [7, 11) is 0. The van der Waals surface area contributed by atoms with Gasteiger partial charge in [0, 0.05) is 10.0 Å². The fourth-order valence-corrected chi connectivity index (χ4v) is 3.35. The zero-order chi connectivity index (χ0) is 17.6. The van der Waals surface area contributed by atoms with Gasteiger partial charge in [-0.05, 0) is 36.8 Å². The lowest BCUT2D eigenvalue weighted by Gasteiger charge is -2.32. The Morgan fingerprint density at radius 3 is 2.56 bits per heavy atom. The molecular formula is C20H24BrN2O2+. The molecule has 1 amide bonds. The highest BCUT2D eigenvalue weighted by Crippen LogP contribution is 2.12. The molecule has 0 saturated carbocycles. The van der Waals surface area contributed by atoms with E-state index in [4.69, 9.17) is 4.74 Å². The van der Waals surface area contributed by atoms with Crippen molar-refractivity contribution in [2.24, 2.45) is 0 Å². The predicted molar refractivity (Wildman–Crippen MR) is 102 cm³/mol. The van der Waals surface area contributed by atoms with Crippen molar-refractivity contribution in [3.05, 3.63) is 64.1 Å². The molecule has 3 rings (SSSR count). The number of rotatable bonds is 5. The number of carbonyl (C=O) groups excluding carboxylic acids is 1. The van der Waals surface area contributed by atoms with Gasteiger partial charge in [0.05, 0.1) is 26.2 Å². The van der Waals surface area contributed by atoms with Crippen LogP contribution < -0.4 is 9.64 Å². The largest absolute Gasteiger partial charge is 0.484 e. The molecular weight excluding hydrogens is 380 g/mol. The molecule has 132 valence electrons. The number of carbonyl (C=O) groups is 1. The first-order valence-electron chi connectivity index (χ1n) is 8.65. The van der Waals surface area contributed by atoms with E-state index in [1.807, 2.05) is 36.1 Å². The summed E-state index contributed by atoms with van der Waals surface area (Å²) >= 11 is 3.47. The minimum Gasteiger partial charge on any atom is -0.484 e. The lowest BCUT2D eigenvalue weighted by Crippen LogP contribution is -3.13. The lowest BCUT2D eigenvalue weighted by atomic mass is 10.2. The third-order valence-corrected chi connectivity index (χ3v) is 5.07. The number of nitrogens with one attached hydrogen (secondary N) is 1. The average molecular weight is 404 g/mol. The molecule has 2 aromatic carbocycles. The molecule has 0 bridgehead atoms. The number of halogens is 1. The van der Waals surface area contributed by atoms with E-state index in [-0.39, 0.29) is 12.5 Å². The fourth-order valence-electron chi connectivity index (χ4n) is 3.08. The smallest absolute Gasteiger partial charge is 0.260 e. The first kappa shape index (κ1) is 18.0. The van der Waals surface area contributed by atoms with Crippen molar-refractivity contribution in [3.8, 4) is 5.75 Å². The van der Waals surface area contributed by atoms with Crippen LogP contribution in [-0.2, 0) is 11.3 Å². The SMILES string of the molecule is Cc1cccc(OCC(=O)N2CC[NH+](Cc3ccc(Br)cc3)CC2)c1. The highest BCUT2D eigenvalue weighted by molar-refractivity contribution is 9.10. The van der Waals surface area contributed by atoms with Crippen molar-refractivity contribution in [3.63, 3.8) is 0 Å². The maximum absolute atomic E-state index is 12.3. The third-order valence-electron chi connectivity index (χ3n) is 4.54. The molecule has 0 radical (unpaired) electrons. The van der Waals surface area contributed by atoms with Crippen LogP contribution in [0.15, 0.2) is 53.0 Å². The van der Waals surface area contributed by atoms with Crippen molar-refractivity contribution in [1.29, 1.82) is 0 Å². The number of hydrogen-bond donors (Lipinski definition) is 1. The van der Waals surface area contributed by atoms with Crippen LogP contribution in [-0.4, -0.2) is 43.6 Å². The Hall–Kier alpha value is -1.85. The third kappa shape index (κ3) is 5.31. The van der Waals surface area contributed by atoms with Crippen molar-refractivity contribution in [1.82, 2.24) is 4.90 Å². The Kier molecular flexibility index (Phi) is 6.10. The molecule has 1 aliphatic rings. The Morgan fingerprint density at radius 1 is 1.16 bits per heavy atom. The monoisotopic (exact) mass is 403 g/mol. The maximum Gasteiger partial charge on any atom is 0.260 e. The van der Waals surface area contributed by atoms with Gasteiger partial charge in [0.2, 0.25) is 0 Å². The summed E-state index contributed by atoms with van der Waals surface area (Å²) in [4.78, 5) is 15.8. The summed E-state index contributed by atoms with van der Waals surface area (Å²) in [6.45, 7) is 6.69. The minimum absolute atomic E-state index is 0.0733. The second kappa shape index (κ2) is 8.50. The van der Waals surface area contributed by atoms with Crippen molar-refractivity contribution < 1.29 is 14.4 Å². The molecule has 0 spiro atoms. The molecule has 4 nitrogen and oxygen atoms in total. The number of piperazine rings is 1. The van der Waals surface area contributed by atoms with E-state index in [2.05, 4.69) is 40.2 Å². The van der Waals surface area contributed by atoms with Gasteiger partial charge in [-0.3, -0.25) is 4.79 Å². The molecule has 0 aliphatic carbocycles. The van der Waals surface area contributed by atoms with E-state index in [9.17, 15) is 4.79 Å². The van der Waals surface area contributed by atoms with Gasteiger partial charge in [0.1, 0.15) is 12.3 Å². The molecule has 0 atom stereocenters. The number of amides is 1. The summed E-state index contributed by atoms with van der Waals surface area (Å²) in [6.07, 6.45) is 0. The van der Waals surface area contributed by atoms with E-state index in [1.54, 1.807) is 0 Å².